The first-order valence-electron chi connectivity index (χ1n) is 10.7. The van der Waals surface area contributed by atoms with E-state index in [4.69, 9.17) is 4.74 Å². The summed E-state index contributed by atoms with van der Waals surface area (Å²) >= 11 is 0. The van der Waals surface area contributed by atoms with Crippen LogP contribution in [0, 0.1) is 0 Å². The Labute approximate surface area is 189 Å². The first-order chi connectivity index (χ1) is 16.0. The first kappa shape index (κ1) is 22.3. The number of para-hydroxylation sites is 1. The highest BCUT2D eigenvalue weighted by Gasteiger charge is 2.21. The minimum absolute atomic E-state index is 0.0375. The smallest absolute Gasteiger partial charge is 0.332 e. The Morgan fingerprint density at radius 1 is 1.15 bits per heavy atom. The van der Waals surface area contributed by atoms with Gasteiger partial charge in [-0.15, -0.1) is 0 Å². The molecule has 0 spiro atoms. The van der Waals surface area contributed by atoms with Crippen molar-refractivity contribution in [3.05, 3.63) is 69.9 Å². The number of aliphatic hydroxyl groups is 1. The van der Waals surface area contributed by atoms with Gasteiger partial charge >= 0.3 is 5.69 Å². The summed E-state index contributed by atoms with van der Waals surface area (Å²) in [6, 6.07) is 9.18. The van der Waals surface area contributed by atoms with Gasteiger partial charge in [0.1, 0.15) is 18.5 Å². The van der Waals surface area contributed by atoms with E-state index in [1.54, 1.807) is 36.3 Å². The average Bonchev–Trinajstić information content (AvgIpc) is 3.47. The van der Waals surface area contributed by atoms with Crippen molar-refractivity contribution in [3.63, 3.8) is 0 Å². The third-order valence-corrected chi connectivity index (χ3v) is 5.36. The zero-order valence-electron chi connectivity index (χ0n) is 18.6. The second kappa shape index (κ2) is 9.74. The zero-order chi connectivity index (χ0) is 23.4. The Hall–Kier alpha value is -3.86. The maximum absolute atomic E-state index is 12.9. The van der Waals surface area contributed by atoms with Crippen LogP contribution in [0.3, 0.4) is 0 Å². The van der Waals surface area contributed by atoms with Crippen LogP contribution < -0.4 is 21.3 Å². The number of hydrogen-bond donors (Lipinski definition) is 2. The van der Waals surface area contributed by atoms with Crippen LogP contribution in [0.1, 0.15) is 6.42 Å². The lowest BCUT2D eigenvalue weighted by Crippen LogP contribution is -2.38. The van der Waals surface area contributed by atoms with E-state index in [0.29, 0.717) is 18.2 Å². The molecule has 4 rings (SSSR count). The standard InChI is InChI=1S/C22H27N7O4/c1-26-19-18(20(31)27(2)22(26)32)29(13-16(30)14-33-17-7-4-3-5-8-17)21(25-19)24-9-6-11-28-12-10-23-15-28/h3-5,7-8,10,12,15-16,30H,6,9,11,13-14H2,1-2H3,(H,24,25). The van der Waals surface area contributed by atoms with E-state index in [1.165, 1.54) is 11.6 Å². The Morgan fingerprint density at radius 2 is 1.94 bits per heavy atom. The van der Waals surface area contributed by atoms with Crippen molar-refractivity contribution >= 4 is 17.1 Å². The molecule has 33 heavy (non-hydrogen) atoms. The van der Waals surface area contributed by atoms with Crippen LogP contribution >= 0.6 is 0 Å². The fraction of sp³-hybridized carbons (Fsp3) is 0.364. The topological polar surface area (TPSA) is 121 Å². The van der Waals surface area contributed by atoms with Gasteiger partial charge in [-0.05, 0) is 18.6 Å². The Morgan fingerprint density at radius 3 is 2.67 bits per heavy atom. The molecule has 3 aromatic heterocycles. The van der Waals surface area contributed by atoms with Crippen LogP contribution in [-0.4, -0.2) is 52.6 Å². The molecule has 11 heteroatoms. The van der Waals surface area contributed by atoms with Crippen LogP contribution in [0.4, 0.5) is 5.95 Å². The lowest BCUT2D eigenvalue weighted by atomic mass is 10.3. The van der Waals surface area contributed by atoms with Gasteiger partial charge in [0, 0.05) is 39.6 Å². The minimum atomic E-state index is -0.906. The molecule has 1 unspecified atom stereocenters. The van der Waals surface area contributed by atoms with Gasteiger partial charge in [0.2, 0.25) is 5.95 Å². The monoisotopic (exact) mass is 453 g/mol. The van der Waals surface area contributed by atoms with Gasteiger partial charge in [-0.3, -0.25) is 13.9 Å². The predicted molar refractivity (Wildman–Crippen MR) is 123 cm³/mol. The molecule has 0 saturated heterocycles. The van der Waals surface area contributed by atoms with Crippen LogP contribution in [0.25, 0.3) is 11.2 Å². The van der Waals surface area contributed by atoms with Crippen LogP contribution in [0.15, 0.2) is 58.6 Å². The quantitative estimate of drug-likeness (QED) is 0.337. The molecule has 1 atom stereocenters. The number of rotatable bonds is 10. The van der Waals surface area contributed by atoms with Gasteiger partial charge in [-0.25, -0.2) is 9.78 Å². The van der Waals surface area contributed by atoms with Crippen molar-refractivity contribution in [1.29, 1.82) is 0 Å². The number of nitrogens with zero attached hydrogens (tertiary/aromatic N) is 6. The number of aromatic nitrogens is 6. The van der Waals surface area contributed by atoms with Gasteiger partial charge in [-0.2, -0.15) is 4.98 Å². The van der Waals surface area contributed by atoms with Crippen molar-refractivity contribution in [1.82, 2.24) is 28.2 Å². The molecule has 4 aromatic rings. The number of hydrogen-bond acceptors (Lipinski definition) is 7. The molecular weight excluding hydrogens is 426 g/mol. The second-order valence-corrected chi connectivity index (χ2v) is 7.78. The molecule has 3 heterocycles. The molecule has 0 saturated carbocycles. The van der Waals surface area contributed by atoms with E-state index in [0.717, 1.165) is 17.5 Å². The second-order valence-electron chi connectivity index (χ2n) is 7.78. The number of ether oxygens (including phenoxy) is 1. The fourth-order valence-electron chi connectivity index (χ4n) is 3.61. The van der Waals surface area contributed by atoms with Crippen molar-refractivity contribution in [2.24, 2.45) is 14.1 Å². The summed E-state index contributed by atoms with van der Waals surface area (Å²) in [6.45, 7) is 1.45. The number of benzene rings is 1. The maximum Gasteiger partial charge on any atom is 0.332 e. The third kappa shape index (κ3) is 4.82. The van der Waals surface area contributed by atoms with Crippen molar-refractivity contribution in [3.8, 4) is 5.75 Å². The number of anilines is 1. The lowest BCUT2D eigenvalue weighted by molar-refractivity contribution is 0.0938. The van der Waals surface area contributed by atoms with Gasteiger partial charge in [-0.1, -0.05) is 18.2 Å². The molecule has 0 radical (unpaired) electrons. The molecule has 174 valence electrons. The Kier molecular flexibility index (Phi) is 6.59. The molecule has 11 nitrogen and oxygen atoms in total. The summed E-state index contributed by atoms with van der Waals surface area (Å²) in [5, 5.41) is 13.9. The summed E-state index contributed by atoms with van der Waals surface area (Å²) < 4.78 is 11.6. The van der Waals surface area contributed by atoms with E-state index in [9.17, 15) is 14.7 Å². The normalized spacial score (nSPS) is 12.2. The van der Waals surface area contributed by atoms with E-state index < -0.39 is 17.4 Å². The first-order valence-corrected chi connectivity index (χ1v) is 10.7. The number of nitrogens with one attached hydrogen (secondary N) is 1. The SMILES string of the molecule is Cn1c(=O)c2c(nc(NCCCn3ccnc3)n2CC(O)COc2ccccc2)n(C)c1=O. The highest BCUT2D eigenvalue weighted by atomic mass is 16.5. The zero-order valence-corrected chi connectivity index (χ0v) is 18.6. The van der Waals surface area contributed by atoms with Crippen LogP contribution in [0.2, 0.25) is 0 Å². The van der Waals surface area contributed by atoms with E-state index in [-0.39, 0.29) is 24.3 Å². The molecule has 1 aromatic carbocycles. The molecule has 0 amide bonds. The van der Waals surface area contributed by atoms with Gasteiger partial charge in [0.15, 0.2) is 11.2 Å². The van der Waals surface area contributed by atoms with Crippen molar-refractivity contribution < 1.29 is 9.84 Å². The lowest BCUT2D eigenvalue weighted by Gasteiger charge is -2.16. The van der Waals surface area contributed by atoms with Crippen LogP contribution in [-0.2, 0) is 27.2 Å². The van der Waals surface area contributed by atoms with Crippen molar-refractivity contribution in [2.45, 2.75) is 25.6 Å². The van der Waals surface area contributed by atoms with Crippen LogP contribution in [0.5, 0.6) is 5.75 Å². The molecule has 0 fully saturated rings. The largest absolute Gasteiger partial charge is 0.491 e. The Balaban J connectivity index is 1.57. The van der Waals surface area contributed by atoms with E-state index >= 15 is 0 Å². The summed E-state index contributed by atoms with van der Waals surface area (Å²) in [7, 11) is 2.99. The summed E-state index contributed by atoms with van der Waals surface area (Å²) in [5.74, 6) is 1.05. The van der Waals surface area contributed by atoms with E-state index in [1.807, 2.05) is 29.0 Å². The summed E-state index contributed by atoms with van der Waals surface area (Å²) in [4.78, 5) is 33.8. The summed E-state index contributed by atoms with van der Waals surface area (Å²) in [5.41, 5.74) is -0.424. The van der Waals surface area contributed by atoms with Crippen molar-refractivity contribution in [2.75, 3.05) is 18.5 Å². The highest BCUT2D eigenvalue weighted by molar-refractivity contribution is 5.74. The summed E-state index contributed by atoms with van der Waals surface area (Å²) in [6.07, 6.45) is 5.24. The molecule has 0 aliphatic heterocycles. The Bertz CT molecular complexity index is 1320. The predicted octanol–water partition coefficient (Wildman–Crippen LogP) is 0.572. The minimum Gasteiger partial charge on any atom is -0.491 e. The maximum atomic E-state index is 12.9. The van der Waals surface area contributed by atoms with E-state index in [2.05, 4.69) is 15.3 Å². The molecule has 0 aliphatic carbocycles. The van der Waals surface area contributed by atoms with Gasteiger partial charge < -0.3 is 24.3 Å². The number of fused-ring (bicyclic) bond motifs is 1. The number of aliphatic hydroxyl groups excluding tert-OH is 1. The fourth-order valence-corrected chi connectivity index (χ4v) is 3.61. The molecule has 0 bridgehead atoms. The number of imidazole rings is 2. The molecule has 2 N–H and O–H groups in total. The third-order valence-electron chi connectivity index (χ3n) is 5.36. The van der Waals surface area contributed by atoms with Gasteiger partial charge in [0.25, 0.3) is 5.56 Å². The number of aryl methyl sites for hydroxylation is 2. The highest BCUT2D eigenvalue weighted by Crippen LogP contribution is 2.17. The molecular formula is C22H27N7O4. The van der Waals surface area contributed by atoms with Gasteiger partial charge in [0.05, 0.1) is 12.9 Å². The molecule has 0 aliphatic rings. The average molecular weight is 454 g/mol.